The van der Waals surface area contributed by atoms with E-state index in [4.69, 9.17) is 15.2 Å². The summed E-state index contributed by atoms with van der Waals surface area (Å²) in [5.41, 5.74) is 7.23. The van der Waals surface area contributed by atoms with Crippen LogP contribution >= 0.6 is 0 Å². The number of hydrogen-bond acceptors (Lipinski definition) is 4. The van der Waals surface area contributed by atoms with Crippen LogP contribution in [0.25, 0.3) is 0 Å². The minimum absolute atomic E-state index is 0.237. The van der Waals surface area contributed by atoms with Crippen LogP contribution in [0, 0.1) is 0 Å². The van der Waals surface area contributed by atoms with Crippen molar-refractivity contribution in [3.8, 4) is 5.75 Å². The van der Waals surface area contributed by atoms with Gasteiger partial charge in [0.25, 0.3) is 0 Å². The van der Waals surface area contributed by atoms with Crippen molar-refractivity contribution in [1.82, 2.24) is 0 Å². The molecule has 3 unspecified atom stereocenters. The summed E-state index contributed by atoms with van der Waals surface area (Å²) in [6.45, 7) is 4.51. The number of anilines is 1. The zero-order valence-corrected chi connectivity index (χ0v) is 12.1. The maximum Gasteiger partial charge on any atom is 0.142 e. The summed E-state index contributed by atoms with van der Waals surface area (Å²) in [5, 5.41) is 0. The molecule has 0 bridgehead atoms. The second-order valence-electron chi connectivity index (χ2n) is 5.73. The number of para-hydroxylation sites is 2. The van der Waals surface area contributed by atoms with Crippen LogP contribution in [0.5, 0.6) is 5.75 Å². The lowest BCUT2D eigenvalue weighted by atomic mass is 10.0. The van der Waals surface area contributed by atoms with Gasteiger partial charge >= 0.3 is 0 Å². The minimum atomic E-state index is 0.237. The van der Waals surface area contributed by atoms with Crippen molar-refractivity contribution in [3.05, 3.63) is 24.3 Å². The Balaban J connectivity index is 1.87. The van der Waals surface area contributed by atoms with Crippen molar-refractivity contribution in [2.24, 2.45) is 5.73 Å². The Kier molecular flexibility index (Phi) is 4.13. The van der Waals surface area contributed by atoms with Crippen molar-refractivity contribution in [2.75, 3.05) is 24.6 Å². The van der Waals surface area contributed by atoms with Crippen LogP contribution in [-0.4, -0.2) is 37.9 Å². The van der Waals surface area contributed by atoms with E-state index in [-0.39, 0.29) is 12.1 Å². The van der Waals surface area contributed by atoms with Gasteiger partial charge in [0.15, 0.2) is 0 Å². The first-order valence-corrected chi connectivity index (χ1v) is 7.63. The maximum atomic E-state index is 6.07. The topological polar surface area (TPSA) is 47.7 Å². The molecule has 3 atom stereocenters. The Morgan fingerprint density at radius 3 is 2.95 bits per heavy atom. The Morgan fingerprint density at radius 1 is 1.35 bits per heavy atom. The summed E-state index contributed by atoms with van der Waals surface area (Å²) >= 11 is 0. The largest absolute Gasteiger partial charge is 0.491 e. The molecular weight excluding hydrogens is 252 g/mol. The standard InChI is InChI=1S/C16H24N2O2/c1-12-7-8-16(20-12)14(11-17)18-9-4-10-19-15-6-3-2-5-13(15)18/h2-3,5-6,12,14,16H,4,7-11,17H2,1H3. The number of nitrogens with two attached hydrogens (primary N) is 1. The molecule has 0 aliphatic carbocycles. The molecule has 0 aromatic heterocycles. The second kappa shape index (κ2) is 6.02. The summed E-state index contributed by atoms with van der Waals surface area (Å²) in [7, 11) is 0. The van der Waals surface area contributed by atoms with Gasteiger partial charge in [-0.15, -0.1) is 0 Å². The number of benzene rings is 1. The van der Waals surface area contributed by atoms with Crippen LogP contribution in [0.15, 0.2) is 24.3 Å². The van der Waals surface area contributed by atoms with E-state index in [9.17, 15) is 0 Å². The van der Waals surface area contributed by atoms with E-state index in [1.807, 2.05) is 12.1 Å². The number of ether oxygens (including phenoxy) is 2. The first-order chi connectivity index (χ1) is 9.79. The highest BCUT2D eigenvalue weighted by molar-refractivity contribution is 5.60. The molecule has 4 heteroatoms. The molecule has 1 saturated heterocycles. The van der Waals surface area contributed by atoms with Crippen molar-refractivity contribution in [1.29, 1.82) is 0 Å². The number of hydrogen-bond donors (Lipinski definition) is 1. The lowest BCUT2D eigenvalue weighted by Gasteiger charge is -2.35. The normalized spacial score (nSPS) is 27.6. The Morgan fingerprint density at radius 2 is 2.20 bits per heavy atom. The molecule has 2 aliphatic heterocycles. The fraction of sp³-hybridized carbons (Fsp3) is 0.625. The van der Waals surface area contributed by atoms with Crippen LogP contribution in [0.2, 0.25) is 0 Å². The van der Waals surface area contributed by atoms with E-state index in [2.05, 4.69) is 24.0 Å². The molecule has 4 nitrogen and oxygen atoms in total. The molecule has 3 rings (SSSR count). The molecule has 0 radical (unpaired) electrons. The van der Waals surface area contributed by atoms with Gasteiger partial charge in [0.1, 0.15) is 5.75 Å². The van der Waals surface area contributed by atoms with Crippen molar-refractivity contribution < 1.29 is 9.47 Å². The van der Waals surface area contributed by atoms with E-state index >= 15 is 0 Å². The highest BCUT2D eigenvalue weighted by Gasteiger charge is 2.34. The van der Waals surface area contributed by atoms with Crippen LogP contribution in [0.4, 0.5) is 5.69 Å². The summed E-state index contributed by atoms with van der Waals surface area (Å²) in [6.07, 6.45) is 3.84. The zero-order valence-electron chi connectivity index (χ0n) is 12.1. The Hall–Kier alpha value is -1.26. The predicted molar refractivity (Wildman–Crippen MR) is 80.3 cm³/mol. The summed E-state index contributed by atoms with van der Waals surface area (Å²) in [4.78, 5) is 2.39. The predicted octanol–water partition coefficient (Wildman–Crippen LogP) is 2.17. The lowest BCUT2D eigenvalue weighted by molar-refractivity contribution is 0.0402. The number of nitrogens with zero attached hydrogens (tertiary/aromatic N) is 1. The quantitative estimate of drug-likeness (QED) is 0.919. The Bertz CT molecular complexity index is 452. The fourth-order valence-electron chi connectivity index (χ4n) is 3.29. The zero-order chi connectivity index (χ0) is 13.9. The van der Waals surface area contributed by atoms with E-state index in [1.54, 1.807) is 0 Å². The molecule has 0 saturated carbocycles. The van der Waals surface area contributed by atoms with Crippen molar-refractivity contribution >= 4 is 5.69 Å². The van der Waals surface area contributed by atoms with E-state index in [0.717, 1.165) is 43.9 Å². The molecule has 2 aliphatic rings. The molecule has 0 spiro atoms. The first-order valence-electron chi connectivity index (χ1n) is 7.63. The smallest absolute Gasteiger partial charge is 0.142 e. The molecule has 0 amide bonds. The molecule has 1 aromatic rings. The average Bonchev–Trinajstić information content (AvgIpc) is 2.78. The SMILES string of the molecule is CC1CCC(C(CN)N2CCCOc3ccccc32)O1. The van der Waals surface area contributed by atoms with Crippen LogP contribution < -0.4 is 15.4 Å². The van der Waals surface area contributed by atoms with Gasteiger partial charge in [-0.25, -0.2) is 0 Å². The second-order valence-corrected chi connectivity index (χ2v) is 5.73. The number of rotatable bonds is 3. The Labute approximate surface area is 120 Å². The summed E-state index contributed by atoms with van der Waals surface area (Å²) in [5.74, 6) is 0.967. The van der Waals surface area contributed by atoms with Crippen LogP contribution in [0.3, 0.4) is 0 Å². The number of fused-ring (bicyclic) bond motifs is 1. The van der Waals surface area contributed by atoms with Gasteiger partial charge in [0.05, 0.1) is 30.5 Å². The van der Waals surface area contributed by atoms with Crippen LogP contribution in [0.1, 0.15) is 26.2 Å². The van der Waals surface area contributed by atoms with Crippen LogP contribution in [-0.2, 0) is 4.74 Å². The highest BCUT2D eigenvalue weighted by Crippen LogP contribution is 2.34. The summed E-state index contributed by atoms with van der Waals surface area (Å²) in [6, 6.07) is 8.49. The molecule has 2 heterocycles. The van der Waals surface area contributed by atoms with Gasteiger partial charge in [-0.05, 0) is 38.3 Å². The summed E-state index contributed by atoms with van der Waals surface area (Å²) < 4.78 is 11.9. The van der Waals surface area contributed by atoms with Gasteiger partial charge in [0.2, 0.25) is 0 Å². The van der Waals surface area contributed by atoms with Gasteiger partial charge < -0.3 is 20.1 Å². The maximum absolute atomic E-state index is 6.07. The minimum Gasteiger partial charge on any atom is -0.491 e. The molecule has 110 valence electrons. The van der Waals surface area contributed by atoms with Gasteiger partial charge in [-0.2, -0.15) is 0 Å². The lowest BCUT2D eigenvalue weighted by Crippen LogP contribution is -2.49. The van der Waals surface area contributed by atoms with E-state index in [0.29, 0.717) is 12.6 Å². The van der Waals surface area contributed by atoms with Gasteiger partial charge in [0, 0.05) is 13.1 Å². The van der Waals surface area contributed by atoms with E-state index in [1.165, 1.54) is 0 Å². The molecule has 20 heavy (non-hydrogen) atoms. The van der Waals surface area contributed by atoms with Gasteiger partial charge in [-0.3, -0.25) is 0 Å². The average molecular weight is 276 g/mol. The van der Waals surface area contributed by atoms with Gasteiger partial charge in [-0.1, -0.05) is 12.1 Å². The molecule has 1 fully saturated rings. The van der Waals surface area contributed by atoms with Crippen molar-refractivity contribution in [3.63, 3.8) is 0 Å². The first kappa shape index (κ1) is 13.7. The molecular formula is C16H24N2O2. The molecule has 1 aromatic carbocycles. The monoisotopic (exact) mass is 276 g/mol. The third kappa shape index (κ3) is 2.63. The molecule has 2 N–H and O–H groups in total. The fourth-order valence-corrected chi connectivity index (χ4v) is 3.29. The third-order valence-electron chi connectivity index (χ3n) is 4.31. The highest BCUT2D eigenvalue weighted by atomic mass is 16.5. The van der Waals surface area contributed by atoms with E-state index < -0.39 is 0 Å². The van der Waals surface area contributed by atoms with Crippen molar-refractivity contribution in [2.45, 2.75) is 44.4 Å². The third-order valence-corrected chi connectivity index (χ3v) is 4.31.